The molecule has 1 aliphatic heterocycles. The molecule has 1 amide bonds. The van der Waals surface area contributed by atoms with Gasteiger partial charge in [-0.3, -0.25) is 14.5 Å². The maximum absolute atomic E-state index is 12.7. The quantitative estimate of drug-likeness (QED) is 0.350. The highest BCUT2D eigenvalue weighted by atomic mass is 16.6. The van der Waals surface area contributed by atoms with Crippen molar-refractivity contribution in [3.63, 3.8) is 0 Å². The van der Waals surface area contributed by atoms with Gasteiger partial charge in [-0.15, -0.1) is 6.58 Å². The van der Waals surface area contributed by atoms with Gasteiger partial charge in [0, 0.05) is 43.1 Å². The summed E-state index contributed by atoms with van der Waals surface area (Å²) in [6.07, 6.45) is 11.1. The number of nitrogens with one attached hydrogen (secondary N) is 1. The molecule has 3 atom stereocenters. The van der Waals surface area contributed by atoms with Gasteiger partial charge in [0.1, 0.15) is 11.4 Å². The molecule has 1 N–H and O–H groups in total. The molecular weight excluding hydrogens is 444 g/mol. The fourth-order valence-electron chi connectivity index (χ4n) is 5.86. The maximum atomic E-state index is 12.7. The van der Waals surface area contributed by atoms with Crippen LogP contribution in [0.15, 0.2) is 66.0 Å². The van der Waals surface area contributed by atoms with E-state index >= 15 is 0 Å². The maximum Gasteiger partial charge on any atom is 0.303 e. The largest absolute Gasteiger partial charge is 0.497 e. The van der Waals surface area contributed by atoms with Crippen LogP contribution in [0.25, 0.3) is 6.08 Å². The number of carbonyl (C=O) groups excluding carboxylic acids is 2. The fraction of sp³-hybridized carbons (Fsp3) is 0.429. The smallest absolute Gasteiger partial charge is 0.303 e. The van der Waals surface area contributed by atoms with Gasteiger partial charge in [0.2, 0.25) is 5.91 Å². The first-order valence-corrected chi connectivity index (χ1v) is 12.1. The summed E-state index contributed by atoms with van der Waals surface area (Å²) in [7, 11) is 1.65. The van der Waals surface area contributed by atoms with Gasteiger partial charge >= 0.3 is 5.97 Å². The van der Waals surface area contributed by atoms with Crippen LogP contribution in [0.3, 0.4) is 0 Å². The van der Waals surface area contributed by atoms with E-state index in [0.29, 0.717) is 25.8 Å². The molecule has 0 spiro atoms. The van der Waals surface area contributed by atoms with Gasteiger partial charge in [-0.25, -0.2) is 0 Å². The monoisotopic (exact) mass is 478 g/mol. The van der Waals surface area contributed by atoms with Crippen LogP contribution >= 0.6 is 0 Å². The lowest BCUT2D eigenvalue weighted by molar-refractivity contribution is -0.186. The Balaban J connectivity index is 1.67. The SMILES string of the molecule is C=CCN1CC[C@@]2(c3cccc(OC)c3)C[C@@H](NC(=O)/C=C/c3ccoc3)CC[C@]2(OC(C)=O)C1. The van der Waals surface area contributed by atoms with Crippen LogP contribution in [0, 0.1) is 0 Å². The fourth-order valence-corrected chi connectivity index (χ4v) is 5.86. The lowest BCUT2D eigenvalue weighted by atomic mass is 9.55. The number of piperidine rings is 1. The van der Waals surface area contributed by atoms with Crippen molar-refractivity contribution in [2.24, 2.45) is 0 Å². The first-order valence-electron chi connectivity index (χ1n) is 12.1. The van der Waals surface area contributed by atoms with E-state index in [0.717, 1.165) is 36.4 Å². The summed E-state index contributed by atoms with van der Waals surface area (Å²) in [5.41, 5.74) is 0.736. The van der Waals surface area contributed by atoms with Crippen LogP contribution in [0.1, 0.15) is 43.7 Å². The molecule has 1 aromatic carbocycles. The second kappa shape index (κ2) is 10.5. The predicted molar refractivity (Wildman–Crippen MR) is 134 cm³/mol. The highest BCUT2D eigenvalue weighted by Gasteiger charge is 2.60. The normalized spacial score (nSPS) is 26.6. The Kier molecular flexibility index (Phi) is 7.45. The zero-order valence-corrected chi connectivity index (χ0v) is 20.5. The molecule has 4 rings (SSSR count). The number of fused-ring (bicyclic) bond motifs is 1. The van der Waals surface area contributed by atoms with Crippen molar-refractivity contribution in [2.75, 3.05) is 26.7 Å². The van der Waals surface area contributed by atoms with Crippen molar-refractivity contribution in [1.82, 2.24) is 10.2 Å². The number of amides is 1. The lowest BCUT2D eigenvalue weighted by Gasteiger charge is -2.59. The molecule has 1 aromatic heterocycles. The van der Waals surface area contributed by atoms with E-state index in [1.165, 1.54) is 13.0 Å². The second-order valence-electron chi connectivity index (χ2n) is 9.51. The highest BCUT2D eigenvalue weighted by molar-refractivity contribution is 5.91. The number of hydrogen-bond acceptors (Lipinski definition) is 6. The first kappa shape index (κ1) is 24.8. The molecule has 1 aliphatic carbocycles. The zero-order chi connectivity index (χ0) is 24.9. The molecule has 0 unspecified atom stereocenters. The summed E-state index contributed by atoms with van der Waals surface area (Å²) in [5.74, 6) is 0.320. The van der Waals surface area contributed by atoms with E-state index in [2.05, 4.69) is 22.9 Å². The van der Waals surface area contributed by atoms with Crippen molar-refractivity contribution < 1.29 is 23.5 Å². The Bertz CT molecular complexity index is 1080. The molecule has 186 valence electrons. The number of hydrogen-bond donors (Lipinski definition) is 1. The van der Waals surface area contributed by atoms with Crippen molar-refractivity contribution in [2.45, 2.75) is 49.7 Å². The van der Waals surface area contributed by atoms with Gasteiger partial charge in [0.25, 0.3) is 0 Å². The van der Waals surface area contributed by atoms with E-state index in [4.69, 9.17) is 13.9 Å². The second-order valence-corrected chi connectivity index (χ2v) is 9.51. The molecule has 0 bridgehead atoms. The minimum absolute atomic E-state index is 0.0580. The van der Waals surface area contributed by atoms with Gasteiger partial charge in [-0.2, -0.15) is 0 Å². The zero-order valence-electron chi connectivity index (χ0n) is 20.5. The molecule has 7 nitrogen and oxygen atoms in total. The van der Waals surface area contributed by atoms with Crippen LogP contribution < -0.4 is 10.1 Å². The minimum atomic E-state index is -0.708. The molecule has 1 saturated carbocycles. The summed E-state index contributed by atoms with van der Waals surface area (Å²) in [4.78, 5) is 27.4. The van der Waals surface area contributed by atoms with E-state index < -0.39 is 11.0 Å². The van der Waals surface area contributed by atoms with Crippen molar-refractivity contribution in [3.05, 3.63) is 72.7 Å². The number of benzene rings is 1. The van der Waals surface area contributed by atoms with E-state index in [1.807, 2.05) is 24.3 Å². The minimum Gasteiger partial charge on any atom is -0.497 e. The van der Waals surface area contributed by atoms with Crippen LogP contribution in [0.2, 0.25) is 0 Å². The molecular formula is C28H34N2O5. The third-order valence-corrected chi connectivity index (χ3v) is 7.36. The summed E-state index contributed by atoms with van der Waals surface area (Å²) in [5, 5.41) is 3.19. The van der Waals surface area contributed by atoms with Crippen molar-refractivity contribution in [1.29, 1.82) is 0 Å². The van der Waals surface area contributed by atoms with Crippen LogP contribution in [-0.4, -0.2) is 55.2 Å². The average Bonchev–Trinajstić information content (AvgIpc) is 3.37. The molecule has 2 heterocycles. The van der Waals surface area contributed by atoms with Gasteiger partial charge in [-0.1, -0.05) is 18.2 Å². The highest BCUT2D eigenvalue weighted by Crippen LogP contribution is 2.54. The molecule has 2 fully saturated rings. The Morgan fingerprint density at radius 3 is 2.89 bits per heavy atom. The van der Waals surface area contributed by atoms with E-state index in [1.54, 1.807) is 31.8 Å². The summed E-state index contributed by atoms with van der Waals surface area (Å²) >= 11 is 0. The standard InChI is InChI=1S/C28H34N2O5/c1-4-14-30-15-13-27(23-6-5-7-25(17-23)33-3)18-24(10-12-28(27,20-30)35-21(2)31)29-26(32)9-8-22-11-16-34-19-22/h4-9,11,16-17,19,24H,1,10,12-15,18,20H2,2-3H3,(H,29,32)/b9-8+/t24-,27-,28-/m0/s1. The van der Waals surface area contributed by atoms with Crippen LogP contribution in [-0.2, 0) is 19.7 Å². The van der Waals surface area contributed by atoms with Gasteiger partial charge in [-0.05, 0) is 62.1 Å². The Morgan fingerprint density at radius 1 is 1.31 bits per heavy atom. The first-order chi connectivity index (χ1) is 16.9. The third-order valence-electron chi connectivity index (χ3n) is 7.36. The van der Waals surface area contributed by atoms with E-state index in [-0.39, 0.29) is 17.9 Å². The topological polar surface area (TPSA) is 81.0 Å². The summed E-state index contributed by atoms with van der Waals surface area (Å²) in [6.45, 7) is 7.57. The number of likely N-dealkylation sites (tertiary alicyclic amines) is 1. The predicted octanol–water partition coefficient (Wildman–Crippen LogP) is 4.10. The summed E-state index contributed by atoms with van der Waals surface area (Å²) in [6, 6.07) is 9.78. The molecule has 35 heavy (non-hydrogen) atoms. The number of esters is 1. The van der Waals surface area contributed by atoms with Crippen molar-refractivity contribution in [3.8, 4) is 5.75 Å². The third kappa shape index (κ3) is 5.20. The number of furan rings is 1. The molecule has 1 saturated heterocycles. The number of rotatable bonds is 8. The van der Waals surface area contributed by atoms with Crippen LogP contribution in [0.4, 0.5) is 0 Å². The number of carbonyl (C=O) groups is 2. The van der Waals surface area contributed by atoms with E-state index in [9.17, 15) is 9.59 Å². The van der Waals surface area contributed by atoms with Gasteiger partial charge in [0.15, 0.2) is 0 Å². The molecule has 7 heteroatoms. The Morgan fingerprint density at radius 2 is 2.17 bits per heavy atom. The average molecular weight is 479 g/mol. The van der Waals surface area contributed by atoms with Gasteiger partial charge < -0.3 is 19.2 Å². The number of nitrogens with zero attached hydrogens (tertiary/aromatic N) is 1. The van der Waals surface area contributed by atoms with Gasteiger partial charge in [0.05, 0.1) is 19.6 Å². The lowest BCUT2D eigenvalue weighted by Crippen LogP contribution is -2.68. The summed E-state index contributed by atoms with van der Waals surface area (Å²) < 4.78 is 16.8. The number of methoxy groups -OCH3 is 1. The molecule has 2 aliphatic rings. The molecule has 2 aromatic rings. The Hall–Kier alpha value is -3.32. The van der Waals surface area contributed by atoms with Crippen molar-refractivity contribution >= 4 is 18.0 Å². The molecule has 0 radical (unpaired) electrons. The van der Waals surface area contributed by atoms with Crippen LogP contribution in [0.5, 0.6) is 5.75 Å². The Labute approximate surface area is 206 Å². The number of ether oxygens (including phenoxy) is 2.